The Balaban J connectivity index is 1.96. The minimum atomic E-state index is -1.13. The minimum Gasteiger partial charge on any atom is -0.378 e. The summed E-state index contributed by atoms with van der Waals surface area (Å²) in [6, 6.07) is 13.1. The van der Waals surface area contributed by atoms with Crippen molar-refractivity contribution < 1.29 is 9.90 Å². The molecule has 0 fully saturated rings. The molecule has 1 aromatic heterocycles. The minimum absolute atomic E-state index is 0.108. The molecule has 2 N–H and O–H groups in total. The Bertz CT molecular complexity index is 555. The molecule has 1 aromatic carbocycles. The SMILES string of the molecule is CN(C)C(CNC(=O)C(O)c1ccccc1)c1cccs1. The summed E-state index contributed by atoms with van der Waals surface area (Å²) in [6.45, 7) is 0.468. The number of rotatable bonds is 6. The van der Waals surface area contributed by atoms with Crippen LogP contribution in [0.4, 0.5) is 0 Å². The molecular formula is C16H20N2O2S. The van der Waals surface area contributed by atoms with E-state index in [1.54, 1.807) is 35.6 Å². The van der Waals surface area contributed by atoms with Gasteiger partial charge in [0, 0.05) is 11.4 Å². The first-order valence-electron chi connectivity index (χ1n) is 6.80. The molecule has 2 atom stereocenters. The average Bonchev–Trinajstić information content (AvgIpc) is 3.01. The van der Waals surface area contributed by atoms with Crippen molar-refractivity contribution in [2.24, 2.45) is 0 Å². The van der Waals surface area contributed by atoms with E-state index in [0.717, 1.165) is 0 Å². The number of aliphatic hydroxyl groups excluding tert-OH is 1. The lowest BCUT2D eigenvalue weighted by Crippen LogP contribution is -2.36. The summed E-state index contributed by atoms with van der Waals surface area (Å²) in [5.41, 5.74) is 0.604. The maximum atomic E-state index is 12.1. The molecule has 0 aliphatic carbocycles. The van der Waals surface area contributed by atoms with Crippen molar-refractivity contribution in [1.29, 1.82) is 0 Å². The van der Waals surface area contributed by atoms with Crippen LogP contribution >= 0.6 is 11.3 Å². The number of hydrogen-bond acceptors (Lipinski definition) is 4. The number of likely N-dealkylation sites (N-methyl/N-ethyl adjacent to an activating group) is 1. The third-order valence-electron chi connectivity index (χ3n) is 3.33. The van der Waals surface area contributed by atoms with Crippen LogP contribution in [0.25, 0.3) is 0 Å². The van der Waals surface area contributed by atoms with Crippen molar-refractivity contribution in [3.8, 4) is 0 Å². The van der Waals surface area contributed by atoms with Gasteiger partial charge in [-0.1, -0.05) is 36.4 Å². The second-order valence-electron chi connectivity index (χ2n) is 5.05. The van der Waals surface area contributed by atoms with Gasteiger partial charge in [-0.25, -0.2) is 0 Å². The molecule has 5 heteroatoms. The van der Waals surface area contributed by atoms with Gasteiger partial charge < -0.3 is 15.3 Å². The van der Waals surface area contributed by atoms with Crippen LogP contribution in [0.3, 0.4) is 0 Å². The van der Waals surface area contributed by atoms with E-state index in [-0.39, 0.29) is 11.9 Å². The van der Waals surface area contributed by atoms with Crippen LogP contribution in [-0.4, -0.2) is 36.6 Å². The summed E-state index contributed by atoms with van der Waals surface area (Å²) in [7, 11) is 3.95. The van der Waals surface area contributed by atoms with Crippen LogP contribution in [0, 0.1) is 0 Å². The zero-order chi connectivity index (χ0) is 15.2. The monoisotopic (exact) mass is 304 g/mol. The van der Waals surface area contributed by atoms with Crippen molar-refractivity contribution in [3.63, 3.8) is 0 Å². The normalized spacial score (nSPS) is 13.9. The van der Waals surface area contributed by atoms with Crippen molar-refractivity contribution in [2.75, 3.05) is 20.6 Å². The number of hydrogen-bond donors (Lipinski definition) is 2. The van der Waals surface area contributed by atoms with Crippen LogP contribution in [-0.2, 0) is 4.79 Å². The molecule has 2 rings (SSSR count). The largest absolute Gasteiger partial charge is 0.378 e. The van der Waals surface area contributed by atoms with E-state index in [1.807, 2.05) is 31.6 Å². The van der Waals surface area contributed by atoms with Gasteiger partial charge in [0.2, 0.25) is 0 Å². The van der Waals surface area contributed by atoms with Gasteiger partial charge in [0.1, 0.15) is 0 Å². The molecule has 1 heterocycles. The number of carbonyl (C=O) groups is 1. The standard InChI is InChI=1S/C16H20N2O2S/c1-18(2)13(14-9-6-10-21-14)11-17-16(20)15(19)12-7-4-3-5-8-12/h3-10,13,15,19H,11H2,1-2H3,(H,17,20). The van der Waals surface area contributed by atoms with Gasteiger partial charge in [-0.15, -0.1) is 11.3 Å². The van der Waals surface area contributed by atoms with E-state index in [2.05, 4.69) is 16.3 Å². The fourth-order valence-electron chi connectivity index (χ4n) is 2.10. The number of carbonyl (C=O) groups excluding carboxylic acids is 1. The second kappa shape index (κ2) is 7.36. The van der Waals surface area contributed by atoms with Crippen molar-refractivity contribution in [3.05, 3.63) is 58.3 Å². The zero-order valence-corrected chi connectivity index (χ0v) is 13.0. The number of benzene rings is 1. The lowest BCUT2D eigenvalue weighted by Gasteiger charge is -2.24. The number of aliphatic hydroxyl groups is 1. The second-order valence-corrected chi connectivity index (χ2v) is 6.03. The lowest BCUT2D eigenvalue weighted by molar-refractivity contribution is -0.129. The number of thiophene rings is 1. The predicted molar refractivity (Wildman–Crippen MR) is 85.2 cm³/mol. The summed E-state index contributed by atoms with van der Waals surface area (Å²) in [4.78, 5) is 15.3. The van der Waals surface area contributed by atoms with Gasteiger partial charge >= 0.3 is 0 Å². The molecule has 2 aromatic rings. The molecule has 21 heavy (non-hydrogen) atoms. The van der Waals surface area contributed by atoms with Gasteiger partial charge in [-0.05, 0) is 31.1 Å². The molecule has 0 aliphatic heterocycles. The van der Waals surface area contributed by atoms with Gasteiger partial charge in [-0.3, -0.25) is 4.79 Å². The van der Waals surface area contributed by atoms with Crippen LogP contribution in [0.2, 0.25) is 0 Å². The smallest absolute Gasteiger partial charge is 0.253 e. The van der Waals surface area contributed by atoms with Gasteiger partial charge in [0.25, 0.3) is 5.91 Å². The Hall–Kier alpha value is -1.69. The van der Waals surface area contributed by atoms with Crippen LogP contribution in [0.1, 0.15) is 22.6 Å². The summed E-state index contributed by atoms with van der Waals surface area (Å²) in [5.74, 6) is -0.371. The Labute approximate surface area is 129 Å². The topological polar surface area (TPSA) is 52.6 Å². The quantitative estimate of drug-likeness (QED) is 0.860. The summed E-state index contributed by atoms with van der Waals surface area (Å²) in [5, 5.41) is 14.9. The first-order valence-corrected chi connectivity index (χ1v) is 7.68. The summed E-state index contributed by atoms with van der Waals surface area (Å²) >= 11 is 1.66. The van der Waals surface area contributed by atoms with Crippen LogP contribution in [0.5, 0.6) is 0 Å². The fraction of sp³-hybridized carbons (Fsp3) is 0.312. The van der Waals surface area contributed by atoms with Crippen LogP contribution < -0.4 is 5.32 Å². The highest BCUT2D eigenvalue weighted by molar-refractivity contribution is 7.10. The van der Waals surface area contributed by atoms with E-state index >= 15 is 0 Å². The highest BCUT2D eigenvalue weighted by Crippen LogP contribution is 2.22. The molecule has 0 saturated carbocycles. The highest BCUT2D eigenvalue weighted by Gasteiger charge is 2.20. The van der Waals surface area contributed by atoms with Gasteiger partial charge in [-0.2, -0.15) is 0 Å². The third-order valence-corrected chi connectivity index (χ3v) is 4.30. The maximum absolute atomic E-state index is 12.1. The van der Waals surface area contributed by atoms with Crippen molar-refractivity contribution >= 4 is 17.2 Å². The van der Waals surface area contributed by atoms with Gasteiger partial charge in [0.05, 0.1) is 6.04 Å². The van der Waals surface area contributed by atoms with E-state index in [4.69, 9.17) is 0 Å². The average molecular weight is 304 g/mol. The summed E-state index contributed by atoms with van der Waals surface area (Å²) in [6.07, 6.45) is -1.13. The highest BCUT2D eigenvalue weighted by atomic mass is 32.1. The Morgan fingerprint density at radius 2 is 1.95 bits per heavy atom. The van der Waals surface area contributed by atoms with Gasteiger partial charge in [0.15, 0.2) is 6.10 Å². The maximum Gasteiger partial charge on any atom is 0.253 e. The Morgan fingerprint density at radius 1 is 1.24 bits per heavy atom. The van der Waals surface area contributed by atoms with E-state index in [1.165, 1.54) is 4.88 Å². The number of amides is 1. The van der Waals surface area contributed by atoms with E-state index < -0.39 is 6.10 Å². The number of nitrogens with zero attached hydrogens (tertiary/aromatic N) is 1. The molecule has 1 amide bonds. The van der Waals surface area contributed by atoms with E-state index in [0.29, 0.717) is 12.1 Å². The van der Waals surface area contributed by atoms with Crippen molar-refractivity contribution in [2.45, 2.75) is 12.1 Å². The van der Waals surface area contributed by atoms with Crippen LogP contribution in [0.15, 0.2) is 47.8 Å². The first-order chi connectivity index (χ1) is 10.1. The molecule has 4 nitrogen and oxygen atoms in total. The summed E-state index contributed by atoms with van der Waals surface area (Å²) < 4.78 is 0. The zero-order valence-electron chi connectivity index (χ0n) is 12.2. The van der Waals surface area contributed by atoms with Crippen molar-refractivity contribution in [1.82, 2.24) is 10.2 Å². The Kier molecular flexibility index (Phi) is 5.50. The van der Waals surface area contributed by atoms with E-state index in [9.17, 15) is 9.90 Å². The fourth-order valence-corrected chi connectivity index (χ4v) is 3.02. The predicted octanol–water partition coefficient (Wildman–Crippen LogP) is 2.20. The first kappa shape index (κ1) is 15.7. The molecule has 0 bridgehead atoms. The molecule has 0 spiro atoms. The molecule has 0 aliphatic rings. The third kappa shape index (κ3) is 4.14. The molecule has 0 radical (unpaired) electrons. The number of nitrogens with one attached hydrogen (secondary N) is 1. The molecule has 112 valence electrons. The molecule has 0 saturated heterocycles. The molecular weight excluding hydrogens is 284 g/mol. The Morgan fingerprint density at radius 3 is 2.52 bits per heavy atom. The lowest BCUT2D eigenvalue weighted by atomic mass is 10.1. The molecule has 2 unspecified atom stereocenters.